The average Bonchev–Trinajstić information content (AvgIpc) is 3.60. The highest BCUT2D eigenvalue weighted by Crippen LogP contribution is 2.29. The molecule has 2 N–H and O–H groups in total. The largest absolute Gasteiger partial charge is 0.471 e. The van der Waals surface area contributed by atoms with E-state index in [1.54, 1.807) is 35.7 Å². The predicted molar refractivity (Wildman–Crippen MR) is 138 cm³/mol. The normalized spacial score (nSPS) is 11.6. The van der Waals surface area contributed by atoms with Crippen LogP contribution < -0.4 is 14.8 Å². The van der Waals surface area contributed by atoms with Crippen LogP contribution in [0.1, 0.15) is 5.56 Å². The molecule has 0 saturated carbocycles. The smallest absolute Gasteiger partial charge is 0.345 e. The lowest BCUT2D eigenvalue weighted by atomic mass is 10.2. The number of para-hydroxylation sites is 1. The number of benzene rings is 2. The fourth-order valence-electron chi connectivity index (χ4n) is 3.55. The summed E-state index contributed by atoms with van der Waals surface area (Å²) >= 11 is 7.40. The van der Waals surface area contributed by atoms with Gasteiger partial charge in [-0.3, -0.25) is 0 Å². The van der Waals surface area contributed by atoms with Crippen molar-refractivity contribution in [3.63, 3.8) is 0 Å². The molecule has 0 aliphatic rings. The molecule has 3 heterocycles. The van der Waals surface area contributed by atoms with E-state index >= 15 is 0 Å². The number of nitrogens with one attached hydrogen (secondary N) is 2. The molecular weight excluding hydrogens is 508 g/mol. The standard InChI is InChI=1S/C23H21ClN6O3S2/c24-18-8-7-17(20(15-18)25-9-13-29-11-3-4-12-29)16-33-22-19-5-1-2-6-21(19)30(27-22)35(31,32)28-23-26-10-14-34-23/h1-8,10-12,14-15,25H,9,13,16H2,(H,26,28). The monoisotopic (exact) mass is 528 g/mol. The van der Waals surface area contributed by atoms with Crippen LogP contribution in [0.2, 0.25) is 5.02 Å². The second-order valence-electron chi connectivity index (χ2n) is 7.55. The van der Waals surface area contributed by atoms with E-state index in [1.165, 1.54) is 17.5 Å². The predicted octanol–water partition coefficient (Wildman–Crippen LogP) is 4.84. The van der Waals surface area contributed by atoms with E-state index in [9.17, 15) is 8.42 Å². The summed E-state index contributed by atoms with van der Waals surface area (Å²) in [6, 6.07) is 16.5. The van der Waals surface area contributed by atoms with Gasteiger partial charge in [0.1, 0.15) is 6.61 Å². The van der Waals surface area contributed by atoms with Gasteiger partial charge in [-0.2, -0.15) is 8.42 Å². The van der Waals surface area contributed by atoms with Crippen LogP contribution in [0, 0.1) is 0 Å². The summed E-state index contributed by atoms with van der Waals surface area (Å²) in [5.41, 5.74) is 2.10. The van der Waals surface area contributed by atoms with Crippen LogP contribution in [0.3, 0.4) is 0 Å². The number of hydrogen-bond donors (Lipinski definition) is 2. The summed E-state index contributed by atoms with van der Waals surface area (Å²) in [6.07, 6.45) is 5.53. The lowest BCUT2D eigenvalue weighted by Crippen LogP contribution is -2.22. The van der Waals surface area contributed by atoms with Crippen molar-refractivity contribution < 1.29 is 13.2 Å². The Balaban J connectivity index is 1.37. The van der Waals surface area contributed by atoms with Crippen LogP contribution in [0.4, 0.5) is 10.8 Å². The zero-order valence-corrected chi connectivity index (χ0v) is 20.7. The van der Waals surface area contributed by atoms with E-state index in [-0.39, 0.29) is 17.6 Å². The SMILES string of the molecule is O=S(=O)(Nc1nccs1)n1nc(OCc2ccc(Cl)cc2NCCn2cccc2)c2ccccc21. The molecule has 0 fully saturated rings. The van der Waals surface area contributed by atoms with Gasteiger partial charge in [0.2, 0.25) is 5.88 Å². The molecule has 0 aliphatic heterocycles. The summed E-state index contributed by atoms with van der Waals surface area (Å²) in [4.78, 5) is 3.98. The van der Waals surface area contributed by atoms with Crippen molar-refractivity contribution in [1.82, 2.24) is 18.7 Å². The first-order valence-electron chi connectivity index (χ1n) is 10.7. The zero-order valence-electron chi connectivity index (χ0n) is 18.3. The first-order chi connectivity index (χ1) is 17.0. The topological polar surface area (TPSA) is 103 Å². The van der Waals surface area contributed by atoms with Gasteiger partial charge in [-0.05, 0) is 36.4 Å². The van der Waals surface area contributed by atoms with Gasteiger partial charge in [0.15, 0.2) is 5.13 Å². The van der Waals surface area contributed by atoms with Crippen molar-refractivity contribution in [2.45, 2.75) is 13.2 Å². The summed E-state index contributed by atoms with van der Waals surface area (Å²) in [7, 11) is -4.03. The Morgan fingerprint density at radius 2 is 1.91 bits per heavy atom. The third kappa shape index (κ3) is 5.26. The van der Waals surface area contributed by atoms with Crippen LogP contribution in [-0.4, -0.2) is 33.7 Å². The molecule has 0 saturated heterocycles. The van der Waals surface area contributed by atoms with Crippen LogP contribution >= 0.6 is 22.9 Å². The van der Waals surface area contributed by atoms with Crippen LogP contribution in [0.15, 0.2) is 78.6 Å². The molecule has 3 aromatic heterocycles. The van der Waals surface area contributed by atoms with Gasteiger partial charge in [0, 0.05) is 53.3 Å². The number of hydrogen-bond acceptors (Lipinski definition) is 7. The van der Waals surface area contributed by atoms with Gasteiger partial charge in [-0.1, -0.05) is 29.8 Å². The van der Waals surface area contributed by atoms with Crippen LogP contribution in [-0.2, 0) is 23.4 Å². The van der Waals surface area contributed by atoms with Crippen molar-refractivity contribution in [3.8, 4) is 5.88 Å². The Morgan fingerprint density at radius 1 is 1.09 bits per heavy atom. The first-order valence-corrected chi connectivity index (χ1v) is 13.4. The number of anilines is 2. The maximum atomic E-state index is 13.0. The number of halogens is 1. The van der Waals surface area contributed by atoms with Gasteiger partial charge in [-0.15, -0.1) is 20.5 Å². The van der Waals surface area contributed by atoms with Gasteiger partial charge in [0.05, 0.1) is 10.9 Å². The number of thiazole rings is 1. The molecule has 0 radical (unpaired) electrons. The molecule has 0 atom stereocenters. The summed E-state index contributed by atoms with van der Waals surface area (Å²) < 4.78 is 37.4. The first kappa shape index (κ1) is 23.2. The number of ether oxygens (including phenoxy) is 1. The third-order valence-corrected chi connectivity index (χ3v) is 7.42. The quantitative estimate of drug-likeness (QED) is 0.269. The zero-order chi connectivity index (χ0) is 24.3. The Bertz CT molecular complexity index is 1530. The van der Waals surface area contributed by atoms with Gasteiger partial charge >= 0.3 is 10.2 Å². The second kappa shape index (κ2) is 9.98. The van der Waals surface area contributed by atoms with Crippen molar-refractivity contribution >= 4 is 54.9 Å². The fourth-order valence-corrected chi connectivity index (χ4v) is 5.57. The maximum absolute atomic E-state index is 13.0. The van der Waals surface area contributed by atoms with E-state index in [1.807, 2.05) is 36.7 Å². The molecule has 0 aliphatic carbocycles. The van der Waals surface area contributed by atoms with Crippen molar-refractivity contribution in [3.05, 3.63) is 89.2 Å². The van der Waals surface area contributed by atoms with E-state index < -0.39 is 10.2 Å². The van der Waals surface area contributed by atoms with Crippen LogP contribution in [0.25, 0.3) is 10.9 Å². The minimum Gasteiger partial charge on any atom is -0.471 e. The third-order valence-electron chi connectivity index (χ3n) is 5.19. The van der Waals surface area contributed by atoms with Crippen molar-refractivity contribution in [2.75, 3.05) is 16.6 Å². The second-order valence-corrected chi connectivity index (χ2v) is 10.4. The highest BCUT2D eigenvalue weighted by atomic mass is 35.5. The summed E-state index contributed by atoms with van der Waals surface area (Å²) in [5, 5.41) is 10.8. The van der Waals surface area contributed by atoms with Gasteiger partial charge < -0.3 is 14.6 Å². The molecule has 9 nitrogen and oxygen atoms in total. The van der Waals surface area contributed by atoms with Gasteiger partial charge in [-0.25, -0.2) is 9.71 Å². The van der Waals surface area contributed by atoms with Crippen LogP contribution in [0.5, 0.6) is 5.88 Å². The molecule has 180 valence electrons. The number of fused-ring (bicyclic) bond motifs is 1. The highest BCUT2D eigenvalue weighted by Gasteiger charge is 2.22. The van der Waals surface area contributed by atoms with Crippen molar-refractivity contribution in [1.29, 1.82) is 0 Å². The molecule has 35 heavy (non-hydrogen) atoms. The Hall–Kier alpha value is -3.54. The Kier molecular flexibility index (Phi) is 6.62. The number of rotatable bonds is 10. The minimum atomic E-state index is -4.03. The van der Waals surface area contributed by atoms with Crippen molar-refractivity contribution in [2.24, 2.45) is 0 Å². The molecular formula is C23H21ClN6O3S2. The molecule has 5 rings (SSSR count). The lowest BCUT2D eigenvalue weighted by Gasteiger charge is -2.13. The van der Waals surface area contributed by atoms with E-state index in [2.05, 4.69) is 24.7 Å². The summed E-state index contributed by atoms with van der Waals surface area (Å²) in [6.45, 7) is 1.66. The van der Waals surface area contributed by atoms with E-state index in [0.717, 1.165) is 21.9 Å². The fraction of sp³-hybridized carbons (Fsp3) is 0.130. The average molecular weight is 529 g/mol. The Labute approximate surface area is 211 Å². The molecule has 0 amide bonds. The molecule has 5 aromatic rings. The molecule has 0 spiro atoms. The number of aromatic nitrogens is 4. The van der Waals surface area contributed by atoms with E-state index in [0.29, 0.717) is 22.5 Å². The van der Waals surface area contributed by atoms with E-state index in [4.69, 9.17) is 16.3 Å². The lowest BCUT2D eigenvalue weighted by molar-refractivity contribution is 0.296. The summed E-state index contributed by atoms with van der Waals surface area (Å²) in [5.74, 6) is 0.207. The molecule has 0 bridgehead atoms. The Morgan fingerprint density at radius 3 is 2.71 bits per heavy atom. The maximum Gasteiger partial charge on any atom is 0.345 e. The number of nitrogens with zero attached hydrogens (tertiary/aromatic N) is 4. The molecule has 0 unspecified atom stereocenters. The highest BCUT2D eigenvalue weighted by molar-refractivity contribution is 7.91. The molecule has 2 aromatic carbocycles. The molecule has 12 heteroatoms. The minimum absolute atomic E-state index is 0.171. The van der Waals surface area contributed by atoms with Gasteiger partial charge in [0.25, 0.3) is 0 Å².